The van der Waals surface area contributed by atoms with Crippen molar-refractivity contribution in [3.8, 4) is 0 Å². The van der Waals surface area contributed by atoms with Crippen LogP contribution in [0.15, 0.2) is 0 Å². The molecule has 17 heavy (non-hydrogen) atoms. The number of nitrogens with two attached hydrogens (primary N) is 1. The first-order chi connectivity index (χ1) is 7.76. The summed E-state index contributed by atoms with van der Waals surface area (Å²) in [5, 5.41) is 8.59. The molecular weight excluding hydrogens is 248 g/mol. The number of carbonyl (C=O) groups excluding carboxylic acids is 1. The molecule has 0 fully saturated rings. The number of aliphatic carboxylic acids is 1. The van der Waals surface area contributed by atoms with Crippen LogP contribution in [-0.4, -0.2) is 61.4 Å². The van der Waals surface area contributed by atoms with E-state index >= 15 is 0 Å². The van der Waals surface area contributed by atoms with Gasteiger partial charge in [-0.25, -0.2) is 8.42 Å². The molecule has 3 N–H and O–H groups in total. The van der Waals surface area contributed by atoms with Gasteiger partial charge in [0.05, 0.1) is 18.8 Å². The Bertz CT molecular complexity index is 350. The Labute approximate surface area is 101 Å². The van der Waals surface area contributed by atoms with E-state index in [0.717, 1.165) is 0 Å². The summed E-state index contributed by atoms with van der Waals surface area (Å²) >= 11 is 0. The van der Waals surface area contributed by atoms with E-state index in [1.54, 1.807) is 6.92 Å². The van der Waals surface area contributed by atoms with Gasteiger partial charge in [-0.2, -0.15) is 0 Å². The van der Waals surface area contributed by atoms with Crippen molar-refractivity contribution in [1.29, 1.82) is 0 Å². The molecule has 0 rings (SSSR count). The van der Waals surface area contributed by atoms with E-state index in [-0.39, 0.29) is 24.6 Å². The van der Waals surface area contributed by atoms with Crippen molar-refractivity contribution in [2.75, 3.05) is 31.1 Å². The fourth-order valence-corrected chi connectivity index (χ4v) is 2.67. The average Bonchev–Trinajstić information content (AvgIpc) is 2.12. The predicted molar refractivity (Wildman–Crippen MR) is 62.2 cm³/mol. The second-order valence-corrected chi connectivity index (χ2v) is 6.03. The van der Waals surface area contributed by atoms with E-state index in [9.17, 15) is 18.0 Å². The Morgan fingerprint density at radius 1 is 1.24 bits per heavy atom. The van der Waals surface area contributed by atoms with Crippen LogP contribution in [0.1, 0.15) is 13.3 Å². The lowest BCUT2D eigenvalue weighted by Gasteiger charge is -2.17. The smallest absolute Gasteiger partial charge is 0.317 e. The number of amides is 1. The monoisotopic (exact) mass is 266 g/mol. The molecule has 0 spiro atoms. The average molecular weight is 266 g/mol. The minimum atomic E-state index is -3.19. The second-order valence-electron chi connectivity index (χ2n) is 3.72. The predicted octanol–water partition coefficient (Wildman–Crippen LogP) is -1.32. The maximum atomic E-state index is 11.4. The summed E-state index contributed by atoms with van der Waals surface area (Å²) < 4.78 is 22.8. The van der Waals surface area contributed by atoms with Crippen LogP contribution in [0.25, 0.3) is 0 Å². The van der Waals surface area contributed by atoms with Crippen molar-refractivity contribution >= 4 is 21.7 Å². The first-order valence-electron chi connectivity index (χ1n) is 5.19. The lowest BCUT2D eigenvalue weighted by molar-refractivity contribution is -0.138. The Balaban J connectivity index is 4.34. The molecule has 0 heterocycles. The molecule has 0 saturated heterocycles. The molecule has 7 nitrogen and oxygen atoms in total. The van der Waals surface area contributed by atoms with Crippen molar-refractivity contribution in [1.82, 2.24) is 4.90 Å². The molecule has 0 aromatic carbocycles. The van der Waals surface area contributed by atoms with Gasteiger partial charge in [-0.15, -0.1) is 0 Å². The molecule has 0 atom stereocenters. The van der Waals surface area contributed by atoms with Gasteiger partial charge < -0.3 is 10.8 Å². The van der Waals surface area contributed by atoms with Crippen LogP contribution in [0, 0.1) is 0 Å². The zero-order chi connectivity index (χ0) is 13.5. The summed E-state index contributed by atoms with van der Waals surface area (Å²) in [6.45, 7) is 1.09. The molecule has 0 unspecified atom stereocenters. The van der Waals surface area contributed by atoms with Crippen molar-refractivity contribution in [2.45, 2.75) is 13.3 Å². The van der Waals surface area contributed by atoms with E-state index in [1.165, 1.54) is 4.90 Å². The number of hydrogen-bond donors (Lipinski definition) is 2. The molecule has 1 amide bonds. The molecule has 0 aliphatic heterocycles. The van der Waals surface area contributed by atoms with Gasteiger partial charge in [0.15, 0.2) is 9.84 Å². The maximum Gasteiger partial charge on any atom is 0.317 e. The van der Waals surface area contributed by atoms with E-state index in [2.05, 4.69) is 0 Å². The van der Waals surface area contributed by atoms with Crippen LogP contribution in [0.5, 0.6) is 0 Å². The first kappa shape index (κ1) is 15.9. The van der Waals surface area contributed by atoms with Gasteiger partial charge in [-0.05, 0) is 6.42 Å². The van der Waals surface area contributed by atoms with Crippen molar-refractivity contribution in [2.24, 2.45) is 5.73 Å². The summed E-state index contributed by atoms with van der Waals surface area (Å²) in [5.41, 5.74) is 4.94. The SMILES string of the molecule is CCCS(=O)(=O)CCN(CC(N)=O)CC(=O)O. The second kappa shape index (κ2) is 7.23. The number of carbonyl (C=O) groups is 2. The first-order valence-corrected chi connectivity index (χ1v) is 7.02. The summed E-state index contributed by atoms with van der Waals surface area (Å²) in [4.78, 5) is 22.4. The molecule has 0 saturated carbocycles. The molecule has 0 radical (unpaired) electrons. The fourth-order valence-electron chi connectivity index (χ4n) is 1.31. The van der Waals surface area contributed by atoms with E-state index in [0.29, 0.717) is 6.42 Å². The van der Waals surface area contributed by atoms with Gasteiger partial charge in [0, 0.05) is 12.3 Å². The standard InChI is InChI=1S/C9H18N2O5S/c1-2-4-17(15,16)5-3-11(6-8(10)12)7-9(13)14/h2-7H2,1H3,(H2,10,12)(H,13,14). The minimum absolute atomic E-state index is 0.00241. The minimum Gasteiger partial charge on any atom is -0.480 e. The third-order valence-electron chi connectivity index (χ3n) is 1.97. The molecule has 0 bridgehead atoms. The number of rotatable bonds is 9. The number of primary amides is 1. The number of carboxylic acids is 1. The summed E-state index contributed by atoms with van der Waals surface area (Å²) in [5.74, 6) is -1.91. The highest BCUT2D eigenvalue weighted by Gasteiger charge is 2.16. The van der Waals surface area contributed by atoms with Crippen molar-refractivity contribution in [3.63, 3.8) is 0 Å². The Morgan fingerprint density at radius 3 is 2.24 bits per heavy atom. The molecule has 0 aliphatic rings. The highest BCUT2D eigenvalue weighted by molar-refractivity contribution is 7.91. The van der Waals surface area contributed by atoms with Gasteiger partial charge in [-0.3, -0.25) is 14.5 Å². The topological polar surface area (TPSA) is 118 Å². The van der Waals surface area contributed by atoms with E-state index < -0.39 is 28.3 Å². The quantitative estimate of drug-likeness (QED) is 0.534. The molecule has 100 valence electrons. The Hall–Kier alpha value is -1.15. The van der Waals surface area contributed by atoms with Crippen LogP contribution in [0.4, 0.5) is 0 Å². The fraction of sp³-hybridized carbons (Fsp3) is 0.778. The number of hydrogen-bond acceptors (Lipinski definition) is 5. The van der Waals surface area contributed by atoms with Crippen LogP contribution < -0.4 is 5.73 Å². The number of sulfone groups is 1. The largest absolute Gasteiger partial charge is 0.480 e. The lowest BCUT2D eigenvalue weighted by atomic mass is 10.4. The normalized spacial score (nSPS) is 11.6. The van der Waals surface area contributed by atoms with Gasteiger partial charge in [0.1, 0.15) is 0 Å². The summed E-state index contributed by atoms with van der Waals surface area (Å²) in [6.07, 6.45) is 0.511. The number of nitrogens with zero attached hydrogens (tertiary/aromatic N) is 1. The summed E-state index contributed by atoms with van der Waals surface area (Å²) in [6, 6.07) is 0. The Kier molecular flexibility index (Phi) is 6.74. The lowest BCUT2D eigenvalue weighted by Crippen LogP contribution is -2.40. The summed E-state index contributed by atoms with van der Waals surface area (Å²) in [7, 11) is -3.19. The van der Waals surface area contributed by atoms with Crippen LogP contribution >= 0.6 is 0 Å². The third kappa shape index (κ3) is 8.64. The van der Waals surface area contributed by atoms with Crippen LogP contribution in [-0.2, 0) is 19.4 Å². The zero-order valence-electron chi connectivity index (χ0n) is 9.76. The highest BCUT2D eigenvalue weighted by Crippen LogP contribution is 1.96. The molecular formula is C9H18N2O5S. The maximum absolute atomic E-state index is 11.4. The van der Waals surface area contributed by atoms with Gasteiger partial charge in [0.25, 0.3) is 0 Å². The van der Waals surface area contributed by atoms with Crippen LogP contribution in [0.2, 0.25) is 0 Å². The molecule has 0 aromatic rings. The van der Waals surface area contributed by atoms with E-state index in [1.807, 2.05) is 0 Å². The van der Waals surface area contributed by atoms with Gasteiger partial charge >= 0.3 is 5.97 Å². The van der Waals surface area contributed by atoms with Crippen molar-refractivity contribution < 1.29 is 23.1 Å². The molecule has 8 heteroatoms. The van der Waals surface area contributed by atoms with Crippen molar-refractivity contribution in [3.05, 3.63) is 0 Å². The Morgan fingerprint density at radius 2 is 1.82 bits per heavy atom. The van der Waals surface area contributed by atoms with Gasteiger partial charge in [-0.1, -0.05) is 6.92 Å². The third-order valence-corrected chi connectivity index (χ3v) is 3.81. The highest BCUT2D eigenvalue weighted by atomic mass is 32.2. The number of carboxylic acid groups (broad SMARTS) is 1. The zero-order valence-corrected chi connectivity index (χ0v) is 10.6. The molecule has 0 aromatic heterocycles. The van der Waals surface area contributed by atoms with E-state index in [4.69, 9.17) is 10.8 Å². The molecule has 0 aliphatic carbocycles. The van der Waals surface area contributed by atoms with Gasteiger partial charge in [0.2, 0.25) is 5.91 Å². The van der Waals surface area contributed by atoms with Crippen LogP contribution in [0.3, 0.4) is 0 Å².